The number of nitrogens with one attached hydrogen (secondary N) is 1. The summed E-state index contributed by atoms with van der Waals surface area (Å²) in [5.41, 5.74) is 8.33. The summed E-state index contributed by atoms with van der Waals surface area (Å²) in [6.07, 6.45) is 0. The van der Waals surface area contributed by atoms with Crippen molar-refractivity contribution in [2.75, 3.05) is 18.2 Å². The van der Waals surface area contributed by atoms with Gasteiger partial charge in [-0.25, -0.2) is 4.79 Å². The van der Waals surface area contributed by atoms with E-state index in [1.165, 1.54) is 7.11 Å². The molecule has 0 radical (unpaired) electrons. The predicted molar refractivity (Wildman–Crippen MR) is 81.3 cm³/mol. The molecule has 0 aliphatic heterocycles. The third-order valence-electron chi connectivity index (χ3n) is 3.11. The van der Waals surface area contributed by atoms with E-state index < -0.39 is 5.97 Å². The Balaban J connectivity index is 2.29. The molecule has 1 amide bonds. The second-order valence-electron chi connectivity index (χ2n) is 4.56. The van der Waals surface area contributed by atoms with Gasteiger partial charge < -0.3 is 15.8 Å². The highest BCUT2D eigenvalue weighted by Gasteiger charge is 2.13. The molecule has 0 aliphatic carbocycles. The van der Waals surface area contributed by atoms with Crippen LogP contribution in [0.2, 0.25) is 0 Å². The number of hydrogen-bond acceptors (Lipinski definition) is 4. The molecule has 21 heavy (non-hydrogen) atoms. The summed E-state index contributed by atoms with van der Waals surface area (Å²) in [4.78, 5) is 23.8. The molecule has 0 fully saturated rings. The summed E-state index contributed by atoms with van der Waals surface area (Å²) in [7, 11) is 1.31. The van der Waals surface area contributed by atoms with Crippen molar-refractivity contribution in [2.24, 2.45) is 0 Å². The summed E-state index contributed by atoms with van der Waals surface area (Å²) in [5, 5.41) is 2.76. The largest absolute Gasteiger partial charge is 0.465 e. The van der Waals surface area contributed by atoms with Crippen molar-refractivity contribution < 1.29 is 14.3 Å². The molecule has 0 heterocycles. The van der Waals surface area contributed by atoms with Crippen LogP contribution in [0, 0.1) is 6.92 Å². The van der Waals surface area contributed by atoms with Crippen molar-refractivity contribution in [3.05, 3.63) is 59.2 Å². The van der Waals surface area contributed by atoms with E-state index in [1.54, 1.807) is 42.5 Å². The van der Waals surface area contributed by atoms with Crippen LogP contribution in [-0.4, -0.2) is 19.0 Å². The number of carbonyl (C=O) groups excluding carboxylic acids is 2. The highest BCUT2D eigenvalue weighted by atomic mass is 16.5. The predicted octanol–water partition coefficient (Wildman–Crippen LogP) is 2.62. The minimum atomic E-state index is -0.454. The van der Waals surface area contributed by atoms with E-state index in [1.807, 2.05) is 6.92 Å². The molecule has 0 aromatic heterocycles. The first-order valence-corrected chi connectivity index (χ1v) is 6.37. The number of amides is 1. The zero-order chi connectivity index (χ0) is 15.4. The van der Waals surface area contributed by atoms with E-state index >= 15 is 0 Å². The lowest BCUT2D eigenvalue weighted by atomic mass is 10.1. The Labute approximate surface area is 122 Å². The van der Waals surface area contributed by atoms with E-state index in [4.69, 9.17) is 5.73 Å². The monoisotopic (exact) mass is 284 g/mol. The van der Waals surface area contributed by atoms with Crippen LogP contribution in [0.5, 0.6) is 0 Å². The number of rotatable bonds is 3. The second-order valence-corrected chi connectivity index (χ2v) is 4.56. The third-order valence-corrected chi connectivity index (χ3v) is 3.11. The van der Waals surface area contributed by atoms with Crippen LogP contribution in [-0.2, 0) is 4.74 Å². The van der Waals surface area contributed by atoms with E-state index in [0.717, 1.165) is 5.56 Å². The molecule has 5 nitrogen and oxygen atoms in total. The van der Waals surface area contributed by atoms with Gasteiger partial charge in [0.25, 0.3) is 5.91 Å². The number of esters is 1. The van der Waals surface area contributed by atoms with Crippen LogP contribution < -0.4 is 11.1 Å². The molecule has 0 spiro atoms. The normalized spacial score (nSPS) is 10.0. The molecular formula is C16H16N2O3. The van der Waals surface area contributed by atoms with Gasteiger partial charge in [0.05, 0.1) is 18.2 Å². The average Bonchev–Trinajstić information content (AvgIpc) is 2.49. The molecule has 3 N–H and O–H groups in total. The van der Waals surface area contributed by atoms with Crippen molar-refractivity contribution in [3.8, 4) is 0 Å². The molecule has 0 aliphatic rings. The Bertz CT molecular complexity index is 696. The molecule has 0 atom stereocenters. The molecule has 0 bridgehead atoms. The zero-order valence-electron chi connectivity index (χ0n) is 11.8. The Morgan fingerprint density at radius 1 is 1.14 bits per heavy atom. The highest BCUT2D eigenvalue weighted by molar-refractivity contribution is 6.08. The average molecular weight is 284 g/mol. The van der Waals surface area contributed by atoms with Crippen molar-refractivity contribution >= 4 is 23.3 Å². The lowest BCUT2D eigenvalue weighted by molar-refractivity contribution is 0.0600. The number of methoxy groups -OCH3 is 1. The van der Waals surface area contributed by atoms with Crippen LogP contribution in [0.3, 0.4) is 0 Å². The van der Waals surface area contributed by atoms with Gasteiger partial charge in [-0.3, -0.25) is 4.79 Å². The van der Waals surface area contributed by atoms with Crippen LogP contribution in [0.25, 0.3) is 0 Å². The zero-order valence-corrected chi connectivity index (χ0v) is 11.8. The number of para-hydroxylation sites is 1. The number of nitrogens with two attached hydrogens (primary N) is 1. The first-order chi connectivity index (χ1) is 10.0. The maximum absolute atomic E-state index is 12.2. The van der Waals surface area contributed by atoms with Crippen LogP contribution in [0.15, 0.2) is 42.5 Å². The Kier molecular flexibility index (Phi) is 4.23. The van der Waals surface area contributed by atoms with Crippen molar-refractivity contribution in [2.45, 2.75) is 6.92 Å². The number of aryl methyl sites for hydroxylation is 1. The summed E-state index contributed by atoms with van der Waals surface area (Å²) in [6, 6.07) is 11.8. The van der Waals surface area contributed by atoms with E-state index in [0.29, 0.717) is 22.5 Å². The van der Waals surface area contributed by atoms with Gasteiger partial charge in [0.2, 0.25) is 0 Å². The molecular weight excluding hydrogens is 268 g/mol. The van der Waals surface area contributed by atoms with E-state index in [2.05, 4.69) is 10.1 Å². The topological polar surface area (TPSA) is 81.4 Å². The minimum Gasteiger partial charge on any atom is -0.465 e. The van der Waals surface area contributed by atoms with Crippen LogP contribution in [0.1, 0.15) is 26.3 Å². The van der Waals surface area contributed by atoms with Gasteiger partial charge in [0, 0.05) is 11.4 Å². The molecule has 2 aromatic carbocycles. The maximum Gasteiger partial charge on any atom is 0.337 e. The summed E-state index contributed by atoms with van der Waals surface area (Å²) < 4.78 is 4.67. The highest BCUT2D eigenvalue weighted by Crippen LogP contribution is 2.20. The van der Waals surface area contributed by atoms with E-state index in [-0.39, 0.29) is 5.91 Å². The number of carbonyl (C=O) groups is 2. The fraction of sp³-hybridized carbons (Fsp3) is 0.125. The molecule has 2 rings (SSSR count). The Morgan fingerprint density at radius 3 is 2.52 bits per heavy atom. The van der Waals surface area contributed by atoms with Crippen LogP contribution >= 0.6 is 0 Å². The standard InChI is InChI=1S/C16H16N2O3/c1-10-7-8-11(16(20)21-2)9-14(10)18-15(19)12-5-3-4-6-13(12)17/h3-9H,17H2,1-2H3,(H,18,19). The molecule has 0 saturated heterocycles. The van der Waals surface area contributed by atoms with E-state index in [9.17, 15) is 9.59 Å². The van der Waals surface area contributed by atoms with Crippen molar-refractivity contribution in [3.63, 3.8) is 0 Å². The molecule has 2 aromatic rings. The summed E-state index contributed by atoms with van der Waals surface area (Å²) in [5.74, 6) is -0.775. The number of nitrogen functional groups attached to an aromatic ring is 1. The number of hydrogen-bond donors (Lipinski definition) is 2. The fourth-order valence-electron chi connectivity index (χ4n) is 1.89. The number of ether oxygens (including phenoxy) is 1. The molecule has 0 unspecified atom stereocenters. The van der Waals surface area contributed by atoms with Gasteiger partial charge in [-0.1, -0.05) is 18.2 Å². The summed E-state index contributed by atoms with van der Waals surface area (Å²) in [6.45, 7) is 1.84. The quantitative estimate of drug-likeness (QED) is 0.670. The SMILES string of the molecule is COC(=O)c1ccc(C)c(NC(=O)c2ccccc2N)c1. The Hall–Kier alpha value is -2.82. The molecule has 5 heteroatoms. The third kappa shape index (κ3) is 3.20. The lowest BCUT2D eigenvalue weighted by Crippen LogP contribution is -2.15. The number of benzene rings is 2. The second kappa shape index (κ2) is 6.09. The van der Waals surface area contributed by atoms with Gasteiger partial charge in [-0.2, -0.15) is 0 Å². The van der Waals surface area contributed by atoms with Crippen molar-refractivity contribution in [1.82, 2.24) is 0 Å². The molecule has 108 valence electrons. The fourth-order valence-corrected chi connectivity index (χ4v) is 1.89. The number of anilines is 2. The van der Waals surface area contributed by atoms with Crippen LogP contribution in [0.4, 0.5) is 11.4 Å². The van der Waals surface area contributed by atoms with Gasteiger partial charge in [-0.15, -0.1) is 0 Å². The lowest BCUT2D eigenvalue weighted by Gasteiger charge is -2.11. The Morgan fingerprint density at radius 2 is 1.86 bits per heavy atom. The maximum atomic E-state index is 12.2. The van der Waals surface area contributed by atoms with Gasteiger partial charge in [0.1, 0.15) is 0 Å². The first kappa shape index (κ1) is 14.6. The van der Waals surface area contributed by atoms with Crippen molar-refractivity contribution in [1.29, 1.82) is 0 Å². The minimum absolute atomic E-state index is 0.321. The smallest absolute Gasteiger partial charge is 0.337 e. The van der Waals surface area contributed by atoms with Gasteiger partial charge in [0.15, 0.2) is 0 Å². The summed E-state index contributed by atoms with van der Waals surface area (Å²) >= 11 is 0. The molecule has 0 saturated carbocycles. The van der Waals surface area contributed by atoms with Gasteiger partial charge >= 0.3 is 5.97 Å². The first-order valence-electron chi connectivity index (χ1n) is 6.37. The van der Waals surface area contributed by atoms with Gasteiger partial charge in [-0.05, 0) is 36.8 Å².